The molecule has 0 aromatic rings. The van der Waals surface area contributed by atoms with E-state index < -0.39 is 0 Å². The van der Waals surface area contributed by atoms with Gasteiger partial charge in [0.1, 0.15) is 0 Å². The van der Waals surface area contributed by atoms with Crippen molar-refractivity contribution in [2.75, 3.05) is 0 Å². The third-order valence-corrected chi connectivity index (χ3v) is 6.87. The fraction of sp³-hybridized carbons (Fsp3) is 1.00. The lowest BCUT2D eigenvalue weighted by molar-refractivity contribution is 0.190. The number of hydrogen-bond acceptors (Lipinski definition) is 1. The summed E-state index contributed by atoms with van der Waals surface area (Å²) in [5.74, 6) is 0.756. The summed E-state index contributed by atoms with van der Waals surface area (Å²) in [5.41, 5.74) is 7.36. The maximum absolute atomic E-state index is 7.25. The van der Waals surface area contributed by atoms with E-state index in [9.17, 15) is 0 Å². The molecular weight excluding hydrogens is 338 g/mol. The largest absolute Gasteiger partial charge is 0.325 e. The van der Waals surface area contributed by atoms with Gasteiger partial charge in [-0.15, -0.1) is 0 Å². The van der Waals surface area contributed by atoms with Crippen molar-refractivity contribution in [1.29, 1.82) is 0 Å². The second-order valence-corrected chi connectivity index (χ2v) is 9.60. The molecule has 2 N–H and O–H groups in total. The minimum atomic E-state index is 0.109. The zero-order valence-electron chi connectivity index (χ0n) is 20.5. The third-order valence-electron chi connectivity index (χ3n) is 6.87. The molecule has 28 heavy (non-hydrogen) atoms. The van der Waals surface area contributed by atoms with Gasteiger partial charge in [0.05, 0.1) is 0 Å². The highest BCUT2D eigenvalue weighted by molar-refractivity contribution is 4.91. The first kappa shape index (κ1) is 28.0. The van der Waals surface area contributed by atoms with Crippen LogP contribution in [0.3, 0.4) is 0 Å². The predicted octanol–water partition coefficient (Wildman–Crippen LogP) is 9.57. The molecule has 1 atom stereocenters. The van der Waals surface area contributed by atoms with Gasteiger partial charge >= 0.3 is 0 Å². The first-order valence-electron chi connectivity index (χ1n) is 13.4. The Labute approximate surface area is 180 Å². The fourth-order valence-corrected chi connectivity index (χ4v) is 4.81. The normalized spacial score (nSPS) is 13.2. The topological polar surface area (TPSA) is 26.0 Å². The van der Waals surface area contributed by atoms with Gasteiger partial charge in [-0.3, -0.25) is 0 Å². The monoisotopic (exact) mass is 395 g/mol. The van der Waals surface area contributed by atoms with Crippen LogP contribution in [-0.2, 0) is 0 Å². The van der Waals surface area contributed by atoms with Crippen molar-refractivity contribution in [2.45, 2.75) is 168 Å². The Balaban J connectivity index is 4.72. The van der Waals surface area contributed by atoms with E-state index in [2.05, 4.69) is 27.7 Å². The highest BCUT2D eigenvalue weighted by Gasteiger charge is 2.32. The summed E-state index contributed by atoms with van der Waals surface area (Å²) < 4.78 is 0. The second kappa shape index (κ2) is 20.2. The van der Waals surface area contributed by atoms with Gasteiger partial charge in [0.15, 0.2) is 0 Å². The molecule has 0 bridgehead atoms. The van der Waals surface area contributed by atoms with E-state index >= 15 is 0 Å². The molecule has 0 aliphatic heterocycles. The lowest BCUT2D eigenvalue weighted by Crippen LogP contribution is -2.47. The molecule has 0 saturated heterocycles. The highest BCUT2D eigenvalue weighted by atomic mass is 14.8. The van der Waals surface area contributed by atoms with Crippen LogP contribution in [-0.4, -0.2) is 5.54 Å². The van der Waals surface area contributed by atoms with Crippen LogP contribution in [0.4, 0.5) is 0 Å². The number of rotatable bonds is 22. The lowest BCUT2D eigenvalue weighted by atomic mass is 9.72. The molecule has 0 rings (SSSR count). The van der Waals surface area contributed by atoms with E-state index in [1.165, 1.54) is 135 Å². The highest BCUT2D eigenvalue weighted by Crippen LogP contribution is 2.35. The summed E-state index contributed by atoms with van der Waals surface area (Å²) in [4.78, 5) is 0. The Kier molecular flexibility index (Phi) is 20.2. The summed E-state index contributed by atoms with van der Waals surface area (Å²) in [6, 6.07) is 0. The van der Waals surface area contributed by atoms with Gasteiger partial charge in [0.2, 0.25) is 0 Å². The van der Waals surface area contributed by atoms with Gasteiger partial charge in [-0.2, -0.15) is 0 Å². The average molecular weight is 396 g/mol. The minimum absolute atomic E-state index is 0.109. The molecule has 0 fully saturated rings. The van der Waals surface area contributed by atoms with Crippen molar-refractivity contribution in [3.63, 3.8) is 0 Å². The summed E-state index contributed by atoms with van der Waals surface area (Å²) >= 11 is 0. The number of unbranched alkanes of at least 4 members (excludes halogenated alkanes) is 13. The van der Waals surface area contributed by atoms with E-state index in [1.54, 1.807) is 0 Å². The first-order valence-corrected chi connectivity index (χ1v) is 13.4. The maximum Gasteiger partial charge on any atom is 0.0182 e. The Morgan fingerprint density at radius 1 is 0.464 bits per heavy atom. The van der Waals surface area contributed by atoms with Crippen LogP contribution in [0.2, 0.25) is 0 Å². The van der Waals surface area contributed by atoms with Gasteiger partial charge in [-0.1, -0.05) is 137 Å². The molecule has 0 aliphatic rings. The third kappa shape index (κ3) is 14.9. The standard InChI is InChI=1S/C27H57N/c1-5-9-13-16-19-23-26(22-12-8-4)27(28,24-20-17-14-10-6-2)25-21-18-15-11-7-3/h26H,5-25,28H2,1-4H3. The summed E-state index contributed by atoms with van der Waals surface area (Å²) in [5, 5.41) is 0. The molecule has 0 aromatic heterocycles. The Hall–Kier alpha value is -0.0400. The van der Waals surface area contributed by atoms with Crippen LogP contribution >= 0.6 is 0 Å². The van der Waals surface area contributed by atoms with Crippen molar-refractivity contribution in [1.82, 2.24) is 0 Å². The Bertz CT molecular complexity index is 285. The molecule has 1 heteroatoms. The van der Waals surface area contributed by atoms with Gasteiger partial charge in [0, 0.05) is 5.54 Å². The molecule has 0 spiro atoms. The maximum atomic E-state index is 7.25. The lowest BCUT2D eigenvalue weighted by Gasteiger charge is -2.39. The zero-order valence-corrected chi connectivity index (χ0v) is 20.5. The fourth-order valence-electron chi connectivity index (χ4n) is 4.81. The summed E-state index contributed by atoms with van der Waals surface area (Å²) in [7, 11) is 0. The van der Waals surface area contributed by atoms with Crippen LogP contribution in [0.15, 0.2) is 0 Å². The predicted molar refractivity (Wildman–Crippen MR) is 130 cm³/mol. The molecule has 170 valence electrons. The van der Waals surface area contributed by atoms with Crippen LogP contribution < -0.4 is 5.73 Å². The van der Waals surface area contributed by atoms with Crippen molar-refractivity contribution >= 4 is 0 Å². The van der Waals surface area contributed by atoms with Crippen LogP contribution in [0, 0.1) is 5.92 Å². The SMILES string of the molecule is CCCCCCCC(CCCC)C(N)(CCCCCCC)CCCCCCC. The number of hydrogen-bond donors (Lipinski definition) is 1. The Morgan fingerprint density at radius 2 is 0.821 bits per heavy atom. The van der Waals surface area contributed by atoms with Crippen molar-refractivity contribution in [3.05, 3.63) is 0 Å². The van der Waals surface area contributed by atoms with E-state index in [0.717, 1.165) is 5.92 Å². The molecule has 0 aliphatic carbocycles. The van der Waals surface area contributed by atoms with Gasteiger partial charge in [0.25, 0.3) is 0 Å². The van der Waals surface area contributed by atoms with Gasteiger partial charge in [-0.25, -0.2) is 0 Å². The second-order valence-electron chi connectivity index (χ2n) is 9.60. The molecule has 0 heterocycles. The first-order chi connectivity index (χ1) is 13.6. The molecule has 0 radical (unpaired) electrons. The average Bonchev–Trinajstić information content (AvgIpc) is 2.69. The molecule has 0 amide bonds. The van der Waals surface area contributed by atoms with Crippen LogP contribution in [0.25, 0.3) is 0 Å². The van der Waals surface area contributed by atoms with Crippen molar-refractivity contribution < 1.29 is 0 Å². The van der Waals surface area contributed by atoms with Gasteiger partial charge in [-0.05, 0) is 31.6 Å². The molecule has 0 aromatic carbocycles. The quantitative estimate of drug-likeness (QED) is 0.181. The van der Waals surface area contributed by atoms with E-state index in [1.807, 2.05) is 0 Å². The van der Waals surface area contributed by atoms with E-state index in [0.29, 0.717) is 0 Å². The van der Waals surface area contributed by atoms with Crippen LogP contribution in [0.5, 0.6) is 0 Å². The van der Waals surface area contributed by atoms with Crippen molar-refractivity contribution in [2.24, 2.45) is 11.7 Å². The molecule has 0 saturated carbocycles. The van der Waals surface area contributed by atoms with E-state index in [4.69, 9.17) is 5.73 Å². The Morgan fingerprint density at radius 3 is 1.25 bits per heavy atom. The molecular formula is C27H57N. The van der Waals surface area contributed by atoms with E-state index in [-0.39, 0.29) is 5.54 Å². The minimum Gasteiger partial charge on any atom is -0.325 e. The zero-order chi connectivity index (χ0) is 20.9. The molecule has 1 unspecified atom stereocenters. The summed E-state index contributed by atoms with van der Waals surface area (Å²) in [6.07, 6.45) is 28.7. The summed E-state index contributed by atoms with van der Waals surface area (Å²) in [6.45, 7) is 9.27. The van der Waals surface area contributed by atoms with Crippen LogP contribution in [0.1, 0.15) is 163 Å². The van der Waals surface area contributed by atoms with Gasteiger partial charge < -0.3 is 5.73 Å². The molecule has 1 nitrogen and oxygen atoms in total. The smallest absolute Gasteiger partial charge is 0.0182 e. The number of nitrogens with two attached hydrogens (primary N) is 1. The van der Waals surface area contributed by atoms with Crippen molar-refractivity contribution in [3.8, 4) is 0 Å².